The van der Waals surface area contributed by atoms with Gasteiger partial charge in [-0.05, 0) is 0 Å². The van der Waals surface area contributed by atoms with Gasteiger partial charge in [-0.2, -0.15) is 0 Å². The summed E-state index contributed by atoms with van der Waals surface area (Å²) in [4.78, 5) is 9.27. The maximum absolute atomic E-state index is 11.3. The number of hydrogen-bond acceptors (Lipinski definition) is 3. The van der Waals surface area contributed by atoms with Gasteiger partial charge in [0.05, 0.1) is 0 Å². The van der Waals surface area contributed by atoms with Crippen molar-refractivity contribution in [1.82, 2.24) is 0 Å². The van der Waals surface area contributed by atoms with Gasteiger partial charge in [0.15, 0.2) is 0 Å². The molecule has 0 rings (SSSR count). The quantitative estimate of drug-likeness (QED) is 0.120. The molecule has 1 N–H and O–H groups in total. The van der Waals surface area contributed by atoms with Crippen molar-refractivity contribution in [1.29, 1.82) is 0 Å². The van der Waals surface area contributed by atoms with E-state index < -0.39 is 21.0 Å². The standard InChI is InChI=1S/C22H50O4P2/c1-6-8-9-10-11-12-13-14-15-16-17-18-19-20-21-25-22(7-2,26-27(23)24)28(3,4)5/h27-28H,6-21H2,1-5H3,(H,23,24). The molecule has 0 aromatic carbocycles. The number of rotatable bonds is 20. The summed E-state index contributed by atoms with van der Waals surface area (Å²) in [6.45, 7) is 11.3. The van der Waals surface area contributed by atoms with Crippen LogP contribution in [-0.4, -0.2) is 37.0 Å². The molecule has 2 unspecified atom stereocenters. The third-order valence-electron chi connectivity index (χ3n) is 5.69. The monoisotopic (exact) mass is 440 g/mol. The number of unbranched alkanes of at least 4 members (excludes halogenated alkanes) is 13. The molecule has 0 radical (unpaired) electrons. The molecule has 28 heavy (non-hydrogen) atoms. The molecule has 0 bridgehead atoms. The summed E-state index contributed by atoms with van der Waals surface area (Å²) in [7, 11) is -4.88. The molecule has 4 nitrogen and oxygen atoms in total. The Bertz CT molecular complexity index is 385. The molecule has 0 aliphatic rings. The van der Waals surface area contributed by atoms with E-state index in [2.05, 4.69) is 26.9 Å². The van der Waals surface area contributed by atoms with Crippen molar-refractivity contribution in [2.45, 2.75) is 116 Å². The van der Waals surface area contributed by atoms with E-state index in [1.54, 1.807) is 0 Å². The summed E-state index contributed by atoms with van der Waals surface area (Å²) in [5.41, 5.74) is -0.839. The third-order valence-corrected chi connectivity index (χ3v) is 9.29. The van der Waals surface area contributed by atoms with E-state index in [0.29, 0.717) is 13.0 Å². The molecular weight excluding hydrogens is 390 g/mol. The van der Waals surface area contributed by atoms with Crippen LogP contribution in [0.15, 0.2) is 0 Å². The summed E-state index contributed by atoms with van der Waals surface area (Å²) in [6, 6.07) is 0. The Morgan fingerprint density at radius 1 is 0.750 bits per heavy atom. The Kier molecular flexibility index (Phi) is 17.6. The van der Waals surface area contributed by atoms with Crippen LogP contribution in [0.5, 0.6) is 0 Å². The Morgan fingerprint density at radius 3 is 1.46 bits per heavy atom. The van der Waals surface area contributed by atoms with Crippen molar-refractivity contribution in [3.05, 3.63) is 0 Å². The van der Waals surface area contributed by atoms with Crippen LogP contribution >= 0.6 is 15.5 Å². The third kappa shape index (κ3) is 13.7. The number of hydrogen-bond donors (Lipinski definition) is 1. The second-order valence-corrected chi connectivity index (χ2v) is 15.2. The Hall–Kier alpha value is 0.540. The molecule has 0 aliphatic carbocycles. The van der Waals surface area contributed by atoms with E-state index in [1.165, 1.54) is 77.0 Å². The molecule has 0 spiro atoms. The zero-order valence-electron chi connectivity index (χ0n) is 19.5. The first-order valence-electron chi connectivity index (χ1n) is 11.8. The van der Waals surface area contributed by atoms with E-state index in [9.17, 15) is 9.46 Å². The van der Waals surface area contributed by atoms with Crippen LogP contribution in [0.4, 0.5) is 0 Å². The van der Waals surface area contributed by atoms with Gasteiger partial charge in [0.25, 0.3) is 0 Å². The molecule has 0 saturated carbocycles. The van der Waals surface area contributed by atoms with E-state index in [-0.39, 0.29) is 0 Å². The van der Waals surface area contributed by atoms with Crippen molar-refractivity contribution in [2.75, 3.05) is 26.6 Å². The molecule has 0 fully saturated rings. The fraction of sp³-hybridized carbons (Fsp3) is 1.00. The molecule has 0 aliphatic heterocycles. The van der Waals surface area contributed by atoms with E-state index in [1.807, 2.05) is 6.92 Å². The van der Waals surface area contributed by atoms with E-state index in [0.717, 1.165) is 12.8 Å². The van der Waals surface area contributed by atoms with Crippen molar-refractivity contribution < 1.29 is 18.7 Å². The molecule has 0 saturated heterocycles. The van der Waals surface area contributed by atoms with Gasteiger partial charge in [-0.1, -0.05) is 39.0 Å². The average Bonchev–Trinajstić information content (AvgIpc) is 2.62. The normalized spacial score (nSPS) is 16.1. The van der Waals surface area contributed by atoms with Crippen molar-refractivity contribution in [3.8, 4) is 0 Å². The Labute approximate surface area is 176 Å². The zero-order valence-corrected chi connectivity index (χ0v) is 21.5. The molecule has 0 aromatic rings. The topological polar surface area (TPSA) is 55.8 Å². The van der Waals surface area contributed by atoms with Crippen LogP contribution < -0.4 is 0 Å². The van der Waals surface area contributed by atoms with Gasteiger partial charge in [-0.15, -0.1) is 0 Å². The Balaban J connectivity index is 3.68. The van der Waals surface area contributed by atoms with E-state index >= 15 is 0 Å². The molecular formula is C22H50O4P2. The van der Waals surface area contributed by atoms with Gasteiger partial charge in [-0.25, -0.2) is 0 Å². The summed E-state index contributed by atoms with van der Waals surface area (Å²) < 4.78 is 22.8. The van der Waals surface area contributed by atoms with Crippen LogP contribution in [0, 0.1) is 0 Å². The first-order chi connectivity index (χ1) is 13.3. The summed E-state index contributed by atoms with van der Waals surface area (Å²) in [5.74, 6) is 0. The predicted molar refractivity (Wildman–Crippen MR) is 128 cm³/mol. The average molecular weight is 441 g/mol. The molecule has 0 heterocycles. The van der Waals surface area contributed by atoms with Crippen molar-refractivity contribution >= 4 is 15.5 Å². The van der Waals surface area contributed by atoms with E-state index in [4.69, 9.17) is 9.26 Å². The molecule has 2 atom stereocenters. The maximum atomic E-state index is 11.3. The first kappa shape index (κ1) is 28.5. The number of ether oxygens (including phenoxy) is 1. The van der Waals surface area contributed by atoms with Crippen molar-refractivity contribution in [3.63, 3.8) is 0 Å². The van der Waals surface area contributed by atoms with Crippen LogP contribution in [0.2, 0.25) is 0 Å². The molecule has 172 valence electrons. The van der Waals surface area contributed by atoms with Crippen LogP contribution in [0.1, 0.15) is 110 Å². The predicted octanol–water partition coefficient (Wildman–Crippen LogP) is 7.59. The van der Waals surface area contributed by atoms with Crippen LogP contribution in [-0.2, 0) is 13.8 Å². The van der Waals surface area contributed by atoms with Crippen LogP contribution in [0.3, 0.4) is 0 Å². The fourth-order valence-electron chi connectivity index (χ4n) is 3.78. The first-order valence-corrected chi connectivity index (χ1v) is 16.6. The van der Waals surface area contributed by atoms with Gasteiger partial charge in [0.1, 0.15) is 0 Å². The van der Waals surface area contributed by atoms with Crippen LogP contribution in [0.25, 0.3) is 0 Å². The Morgan fingerprint density at radius 2 is 1.14 bits per heavy atom. The summed E-state index contributed by atoms with van der Waals surface area (Å²) >= 11 is 0. The molecule has 6 heteroatoms. The van der Waals surface area contributed by atoms with Gasteiger partial charge in [0, 0.05) is 0 Å². The minimum atomic E-state index is -3.00. The minimum absolute atomic E-state index is 0.616. The van der Waals surface area contributed by atoms with Gasteiger partial charge < -0.3 is 0 Å². The van der Waals surface area contributed by atoms with Gasteiger partial charge >= 0.3 is 137 Å². The second-order valence-electron chi connectivity index (χ2n) is 9.17. The molecule has 0 amide bonds. The summed E-state index contributed by atoms with van der Waals surface area (Å²) in [6.07, 6.45) is 19.3. The molecule has 0 aromatic heterocycles. The second kappa shape index (κ2) is 17.2. The zero-order chi connectivity index (χ0) is 21.3. The van der Waals surface area contributed by atoms with Crippen molar-refractivity contribution in [2.24, 2.45) is 0 Å². The summed E-state index contributed by atoms with van der Waals surface area (Å²) in [5, 5.41) is 0. The van der Waals surface area contributed by atoms with Gasteiger partial charge in [-0.3, -0.25) is 0 Å². The SMILES string of the molecule is CCCCCCCCCCCCCCCCOC(CC)(O[PH](=O)O)[PH](C)(C)C. The fourth-order valence-corrected chi connectivity index (χ4v) is 7.35. The van der Waals surface area contributed by atoms with Gasteiger partial charge in [0.2, 0.25) is 0 Å².